The third-order valence-electron chi connectivity index (χ3n) is 6.47. The number of piperazine rings is 1. The van der Waals surface area contributed by atoms with Gasteiger partial charge in [0.2, 0.25) is 15.8 Å². The van der Waals surface area contributed by atoms with Crippen LogP contribution in [-0.2, 0) is 10.0 Å². The van der Waals surface area contributed by atoms with Crippen molar-refractivity contribution in [1.29, 1.82) is 0 Å². The van der Waals surface area contributed by atoms with Crippen molar-refractivity contribution in [1.82, 2.24) is 14.4 Å². The van der Waals surface area contributed by atoms with E-state index in [1.165, 1.54) is 33.6 Å². The lowest BCUT2D eigenvalue weighted by atomic mass is 9.96. The fourth-order valence-corrected chi connectivity index (χ4v) is 6.03. The number of amides is 1. The van der Waals surface area contributed by atoms with Gasteiger partial charge in [0.05, 0.1) is 16.6 Å². The lowest BCUT2D eigenvalue weighted by Crippen LogP contribution is -2.49. The summed E-state index contributed by atoms with van der Waals surface area (Å²) in [6, 6.07) is 28.4. The smallest absolute Gasteiger partial charge is 0.294 e. The third kappa shape index (κ3) is 5.48. The van der Waals surface area contributed by atoms with Crippen molar-refractivity contribution in [3.8, 4) is 0 Å². The predicted octanol–water partition coefficient (Wildman–Crippen LogP) is 4.33. The summed E-state index contributed by atoms with van der Waals surface area (Å²) < 4.78 is 33.2. The first kappa shape index (κ1) is 24.9. The molecule has 1 aromatic heterocycles. The standard InChI is InChI=1S/C28H28N4O4S/c1-21-20-26(36-30-21)28(33)29-24-12-14-25(15-13-24)37(34,35)32-18-16-31(17-19-32)27(22-8-4-2-5-9-22)23-10-6-3-7-11-23/h2-15,20,27H,16-19H2,1H3,(H,29,33). The van der Waals surface area contributed by atoms with Gasteiger partial charge in [-0.1, -0.05) is 65.8 Å². The number of carbonyl (C=O) groups is 1. The third-order valence-corrected chi connectivity index (χ3v) is 8.38. The summed E-state index contributed by atoms with van der Waals surface area (Å²) in [6.07, 6.45) is 0. The summed E-state index contributed by atoms with van der Waals surface area (Å²) in [7, 11) is -3.67. The molecule has 0 aliphatic carbocycles. The summed E-state index contributed by atoms with van der Waals surface area (Å²) in [5.74, 6) is -0.352. The van der Waals surface area contributed by atoms with E-state index >= 15 is 0 Å². The number of rotatable bonds is 7. The van der Waals surface area contributed by atoms with Gasteiger partial charge < -0.3 is 9.84 Å². The minimum absolute atomic E-state index is 0.0586. The van der Waals surface area contributed by atoms with E-state index < -0.39 is 15.9 Å². The maximum atomic E-state index is 13.4. The second-order valence-corrected chi connectivity index (χ2v) is 10.9. The van der Waals surface area contributed by atoms with E-state index in [0.717, 1.165) is 0 Å². The van der Waals surface area contributed by atoms with Crippen molar-refractivity contribution in [2.24, 2.45) is 0 Å². The molecule has 1 aliphatic heterocycles. The highest BCUT2D eigenvalue weighted by atomic mass is 32.2. The number of sulfonamides is 1. The quantitative estimate of drug-likeness (QED) is 0.393. The molecule has 1 fully saturated rings. The van der Waals surface area contributed by atoms with Gasteiger partial charge in [0, 0.05) is 37.9 Å². The number of aromatic nitrogens is 1. The molecule has 9 heteroatoms. The SMILES string of the molecule is Cc1cc(C(=O)Nc2ccc(S(=O)(=O)N3CCN(C(c4ccccc4)c4ccccc4)CC3)cc2)on1. The molecule has 1 saturated heterocycles. The van der Waals surface area contributed by atoms with Gasteiger partial charge in [0.1, 0.15) is 0 Å². The molecule has 0 saturated carbocycles. The fourth-order valence-electron chi connectivity index (χ4n) is 4.61. The van der Waals surface area contributed by atoms with Crippen LogP contribution < -0.4 is 5.32 Å². The van der Waals surface area contributed by atoms with Crippen LogP contribution in [0.5, 0.6) is 0 Å². The molecule has 0 spiro atoms. The fraction of sp³-hybridized carbons (Fsp3) is 0.214. The zero-order valence-electron chi connectivity index (χ0n) is 20.4. The lowest BCUT2D eigenvalue weighted by Gasteiger charge is -2.39. The Morgan fingerprint density at radius 3 is 1.95 bits per heavy atom. The minimum atomic E-state index is -3.67. The van der Waals surface area contributed by atoms with Crippen LogP contribution >= 0.6 is 0 Å². The normalized spacial score (nSPS) is 15.1. The molecule has 37 heavy (non-hydrogen) atoms. The highest BCUT2D eigenvalue weighted by Crippen LogP contribution is 2.30. The Labute approximate surface area is 216 Å². The molecule has 4 aromatic rings. The first-order valence-electron chi connectivity index (χ1n) is 12.1. The molecule has 0 atom stereocenters. The number of benzene rings is 3. The highest BCUT2D eigenvalue weighted by molar-refractivity contribution is 7.89. The Kier molecular flexibility index (Phi) is 7.18. The lowest BCUT2D eigenvalue weighted by molar-refractivity contribution is 0.0988. The van der Waals surface area contributed by atoms with Gasteiger partial charge in [-0.2, -0.15) is 4.31 Å². The minimum Gasteiger partial charge on any atom is -0.351 e. The van der Waals surface area contributed by atoms with Crippen molar-refractivity contribution < 1.29 is 17.7 Å². The zero-order valence-corrected chi connectivity index (χ0v) is 21.3. The molecule has 0 bridgehead atoms. The van der Waals surface area contributed by atoms with Gasteiger partial charge in [-0.25, -0.2) is 8.42 Å². The van der Waals surface area contributed by atoms with Crippen LogP contribution in [0.15, 0.2) is 100 Å². The van der Waals surface area contributed by atoms with Crippen molar-refractivity contribution in [2.45, 2.75) is 17.9 Å². The molecule has 1 amide bonds. The molecule has 2 heterocycles. The Morgan fingerprint density at radius 2 is 1.43 bits per heavy atom. The molecular formula is C28H28N4O4S. The summed E-state index contributed by atoms with van der Waals surface area (Å²) in [4.78, 5) is 14.8. The van der Waals surface area contributed by atoms with Crippen molar-refractivity contribution >= 4 is 21.6 Å². The molecule has 0 unspecified atom stereocenters. The number of anilines is 1. The van der Waals surface area contributed by atoms with E-state index in [2.05, 4.69) is 39.6 Å². The monoisotopic (exact) mass is 516 g/mol. The highest BCUT2D eigenvalue weighted by Gasteiger charge is 2.32. The van der Waals surface area contributed by atoms with E-state index in [0.29, 0.717) is 37.6 Å². The first-order chi connectivity index (χ1) is 17.9. The Morgan fingerprint density at radius 1 is 0.865 bits per heavy atom. The number of hydrogen-bond acceptors (Lipinski definition) is 6. The van der Waals surface area contributed by atoms with Crippen LogP contribution in [0.3, 0.4) is 0 Å². The van der Waals surface area contributed by atoms with Gasteiger partial charge >= 0.3 is 0 Å². The predicted molar refractivity (Wildman–Crippen MR) is 141 cm³/mol. The number of nitrogens with zero attached hydrogens (tertiary/aromatic N) is 3. The molecule has 0 radical (unpaired) electrons. The number of carbonyl (C=O) groups excluding carboxylic acids is 1. The molecular weight excluding hydrogens is 488 g/mol. The van der Waals surface area contributed by atoms with Crippen LogP contribution in [0, 0.1) is 6.92 Å². The maximum absolute atomic E-state index is 13.4. The van der Waals surface area contributed by atoms with Gasteiger partial charge in [-0.15, -0.1) is 0 Å². The van der Waals surface area contributed by atoms with E-state index in [4.69, 9.17) is 4.52 Å². The summed E-state index contributed by atoms with van der Waals surface area (Å²) >= 11 is 0. The summed E-state index contributed by atoms with van der Waals surface area (Å²) in [6.45, 7) is 3.73. The van der Waals surface area contributed by atoms with Crippen molar-refractivity contribution in [2.75, 3.05) is 31.5 Å². The van der Waals surface area contributed by atoms with Gasteiger partial charge in [0.15, 0.2) is 0 Å². The number of nitrogens with one attached hydrogen (secondary N) is 1. The van der Waals surface area contributed by atoms with Gasteiger partial charge in [-0.05, 0) is 42.3 Å². The van der Waals surface area contributed by atoms with Crippen molar-refractivity contribution in [3.05, 3.63) is 114 Å². The largest absolute Gasteiger partial charge is 0.351 e. The average Bonchev–Trinajstić information content (AvgIpc) is 3.37. The van der Waals surface area contributed by atoms with Crippen LogP contribution in [-0.4, -0.2) is 54.9 Å². The van der Waals surface area contributed by atoms with E-state index in [9.17, 15) is 13.2 Å². The number of aryl methyl sites for hydroxylation is 1. The second-order valence-electron chi connectivity index (χ2n) is 8.98. The van der Waals surface area contributed by atoms with Gasteiger partial charge in [0.25, 0.3) is 5.91 Å². The Balaban J connectivity index is 1.27. The van der Waals surface area contributed by atoms with E-state index in [1.807, 2.05) is 36.4 Å². The first-order valence-corrected chi connectivity index (χ1v) is 13.5. The molecule has 190 valence electrons. The van der Waals surface area contributed by atoms with E-state index in [-0.39, 0.29) is 16.7 Å². The molecule has 1 N–H and O–H groups in total. The molecule has 5 rings (SSSR count). The van der Waals surface area contributed by atoms with Crippen molar-refractivity contribution in [3.63, 3.8) is 0 Å². The topological polar surface area (TPSA) is 95.8 Å². The molecule has 3 aromatic carbocycles. The van der Waals surface area contributed by atoms with Crippen LogP contribution in [0.1, 0.15) is 33.4 Å². The maximum Gasteiger partial charge on any atom is 0.294 e. The summed E-state index contributed by atoms with van der Waals surface area (Å²) in [5.41, 5.74) is 3.44. The average molecular weight is 517 g/mol. The Bertz CT molecular complexity index is 1410. The van der Waals surface area contributed by atoms with Crippen LogP contribution in [0.2, 0.25) is 0 Å². The summed E-state index contributed by atoms with van der Waals surface area (Å²) in [5, 5.41) is 6.40. The zero-order chi connectivity index (χ0) is 25.8. The van der Waals surface area contributed by atoms with Crippen LogP contribution in [0.25, 0.3) is 0 Å². The molecule has 1 aliphatic rings. The molecule has 8 nitrogen and oxygen atoms in total. The Hall–Kier alpha value is -3.79. The number of hydrogen-bond donors (Lipinski definition) is 1. The van der Waals surface area contributed by atoms with Crippen LogP contribution in [0.4, 0.5) is 5.69 Å². The van der Waals surface area contributed by atoms with Gasteiger partial charge in [-0.3, -0.25) is 9.69 Å². The van der Waals surface area contributed by atoms with E-state index in [1.54, 1.807) is 19.1 Å². The second kappa shape index (κ2) is 10.7.